The summed E-state index contributed by atoms with van der Waals surface area (Å²) >= 11 is 0. The molecule has 0 saturated carbocycles. The number of carbonyl (C=O) groups is 3. The van der Waals surface area contributed by atoms with E-state index < -0.39 is 40.3 Å². The third-order valence-electron chi connectivity index (χ3n) is 4.58. The number of nitrogens with zero attached hydrogens (tertiary/aromatic N) is 1. The first kappa shape index (κ1) is 21.3. The number of esters is 2. The van der Waals surface area contributed by atoms with E-state index in [2.05, 4.69) is 0 Å². The zero-order chi connectivity index (χ0) is 22.5. The number of rotatable bonds is 5. The van der Waals surface area contributed by atoms with Crippen LogP contribution in [0.3, 0.4) is 0 Å². The number of aromatic hydroxyl groups is 1. The molecule has 0 radical (unpaired) electrons. The van der Waals surface area contributed by atoms with Crippen molar-refractivity contribution in [2.24, 2.45) is 5.84 Å². The molecule has 0 aliphatic rings. The van der Waals surface area contributed by atoms with Gasteiger partial charge in [0.1, 0.15) is 17.4 Å². The molecule has 0 bridgehead atoms. The lowest BCUT2D eigenvalue weighted by Gasteiger charge is -2.10. The fourth-order valence-electron chi connectivity index (χ4n) is 3.13. The lowest BCUT2D eigenvalue weighted by Crippen LogP contribution is -2.32. The first-order valence-corrected chi connectivity index (χ1v) is 9.12. The first-order valence-electron chi connectivity index (χ1n) is 9.12. The van der Waals surface area contributed by atoms with Gasteiger partial charge in [-0.1, -0.05) is 37.3 Å². The van der Waals surface area contributed by atoms with Gasteiger partial charge in [0.05, 0.1) is 17.4 Å². The van der Waals surface area contributed by atoms with Crippen molar-refractivity contribution in [3.05, 3.63) is 76.7 Å². The average molecular weight is 419 g/mol. The summed E-state index contributed by atoms with van der Waals surface area (Å²) in [4.78, 5) is 37.4. The molecule has 2 aromatic carbocycles. The van der Waals surface area contributed by atoms with Gasteiger partial charge in [0.25, 0.3) is 5.91 Å². The second-order valence-corrected chi connectivity index (χ2v) is 6.32. The summed E-state index contributed by atoms with van der Waals surface area (Å²) in [6, 6.07) is 12.9. The predicted octanol–water partition coefficient (Wildman–Crippen LogP) is 2.69. The minimum absolute atomic E-state index is 0.154. The van der Waals surface area contributed by atoms with E-state index in [4.69, 9.17) is 15.0 Å². The average Bonchev–Trinajstić information content (AvgIpc) is 3.23. The number of carbonyl (C=O) groups excluding carboxylic acids is 3. The smallest absolute Gasteiger partial charge is 0.382 e. The van der Waals surface area contributed by atoms with Gasteiger partial charge in [-0.2, -0.15) is 5.26 Å². The van der Waals surface area contributed by atoms with Crippen LogP contribution in [0.5, 0.6) is 5.75 Å². The number of hydrogen-bond acceptors (Lipinski definition) is 8. The van der Waals surface area contributed by atoms with Crippen LogP contribution in [0.15, 0.2) is 53.1 Å². The van der Waals surface area contributed by atoms with Crippen molar-refractivity contribution in [3.63, 3.8) is 0 Å². The summed E-state index contributed by atoms with van der Waals surface area (Å²) in [6.07, 6.45) is 1.83. The zero-order valence-corrected chi connectivity index (χ0v) is 16.3. The van der Waals surface area contributed by atoms with Gasteiger partial charge in [0.2, 0.25) is 5.76 Å². The highest BCUT2D eigenvalue weighted by molar-refractivity contribution is 6.10. The standard InChI is InChI=1S/C22H17N3O6/c1-2-13-16(12-6-4-3-5-7-12)11-30-19(13)22(29)31-21(28)14-8-9-17(26)15(10-23)18(14)20(27)25-24/h3-9,11,26H,2,24H2,1H3,(H,25,27). The molecule has 0 unspecified atom stereocenters. The van der Waals surface area contributed by atoms with Crippen molar-refractivity contribution in [2.45, 2.75) is 13.3 Å². The summed E-state index contributed by atoms with van der Waals surface area (Å²) in [5.41, 5.74) is 2.44. The molecule has 156 valence electrons. The highest BCUT2D eigenvalue weighted by atomic mass is 16.6. The Bertz CT molecular complexity index is 1210. The van der Waals surface area contributed by atoms with Crippen molar-refractivity contribution in [2.75, 3.05) is 0 Å². The van der Waals surface area contributed by atoms with Gasteiger partial charge < -0.3 is 14.3 Å². The van der Waals surface area contributed by atoms with Crippen LogP contribution >= 0.6 is 0 Å². The fourth-order valence-corrected chi connectivity index (χ4v) is 3.13. The molecular formula is C22H17N3O6. The molecular weight excluding hydrogens is 402 g/mol. The Morgan fingerprint density at radius 1 is 1.16 bits per heavy atom. The van der Waals surface area contributed by atoms with Crippen LogP contribution in [0.2, 0.25) is 0 Å². The Kier molecular flexibility index (Phi) is 6.14. The molecule has 31 heavy (non-hydrogen) atoms. The van der Waals surface area contributed by atoms with Crippen LogP contribution in [0.25, 0.3) is 11.1 Å². The molecule has 0 atom stereocenters. The number of ether oxygens (including phenoxy) is 1. The maximum absolute atomic E-state index is 12.6. The Morgan fingerprint density at radius 2 is 1.87 bits per heavy atom. The molecule has 1 heterocycles. The number of phenols is 1. The number of hydrazine groups is 1. The minimum atomic E-state index is -1.21. The molecule has 9 heteroatoms. The van der Waals surface area contributed by atoms with E-state index in [1.54, 1.807) is 11.5 Å². The van der Waals surface area contributed by atoms with E-state index >= 15 is 0 Å². The van der Waals surface area contributed by atoms with Crippen molar-refractivity contribution >= 4 is 17.8 Å². The highest BCUT2D eigenvalue weighted by Crippen LogP contribution is 2.30. The predicted molar refractivity (Wildman–Crippen MR) is 108 cm³/mol. The maximum Gasteiger partial charge on any atom is 0.382 e. The fraction of sp³-hybridized carbons (Fsp3) is 0.0909. The van der Waals surface area contributed by atoms with Gasteiger partial charge in [0, 0.05) is 11.1 Å². The molecule has 0 fully saturated rings. The van der Waals surface area contributed by atoms with Gasteiger partial charge in [0.15, 0.2) is 0 Å². The molecule has 0 spiro atoms. The van der Waals surface area contributed by atoms with Crippen molar-refractivity contribution in [3.8, 4) is 22.9 Å². The first-order chi connectivity index (χ1) is 14.9. The quantitative estimate of drug-likeness (QED) is 0.187. The summed E-state index contributed by atoms with van der Waals surface area (Å²) in [5, 5.41) is 19.0. The van der Waals surface area contributed by atoms with Crippen LogP contribution < -0.4 is 11.3 Å². The zero-order valence-electron chi connectivity index (χ0n) is 16.3. The SMILES string of the molecule is CCc1c(-c2ccccc2)coc1C(=O)OC(=O)c1ccc(O)c(C#N)c1C(=O)NN. The molecule has 0 saturated heterocycles. The molecule has 4 N–H and O–H groups in total. The second kappa shape index (κ2) is 8.94. The Hall–Kier alpha value is -4.42. The van der Waals surface area contributed by atoms with Crippen LogP contribution in [0, 0.1) is 11.3 Å². The Morgan fingerprint density at radius 3 is 2.48 bits per heavy atom. The Balaban J connectivity index is 1.96. The molecule has 1 amide bonds. The third-order valence-corrected chi connectivity index (χ3v) is 4.58. The molecule has 3 aromatic rings. The largest absolute Gasteiger partial charge is 0.507 e. The summed E-state index contributed by atoms with van der Waals surface area (Å²) < 4.78 is 10.3. The topological polar surface area (TPSA) is 156 Å². The number of hydrogen-bond donors (Lipinski definition) is 3. The number of nitrogens with two attached hydrogens (primary N) is 1. The summed E-state index contributed by atoms with van der Waals surface area (Å²) in [7, 11) is 0. The van der Waals surface area contributed by atoms with Gasteiger partial charge in [-0.25, -0.2) is 15.4 Å². The van der Waals surface area contributed by atoms with Crippen molar-refractivity contribution in [1.82, 2.24) is 5.43 Å². The van der Waals surface area contributed by atoms with E-state index in [0.29, 0.717) is 17.5 Å². The lowest BCUT2D eigenvalue weighted by molar-refractivity contribution is 0.0372. The number of benzene rings is 2. The van der Waals surface area contributed by atoms with Gasteiger partial charge >= 0.3 is 11.9 Å². The van der Waals surface area contributed by atoms with E-state index in [1.807, 2.05) is 37.3 Å². The number of nitrogen functional groups attached to an aromatic ring is 1. The number of nitrogens with one attached hydrogen (secondary N) is 1. The monoisotopic (exact) mass is 419 g/mol. The number of phenolic OH excluding ortho intramolecular Hbond substituents is 1. The van der Waals surface area contributed by atoms with Crippen LogP contribution in [0.1, 0.15) is 49.3 Å². The molecule has 0 aliphatic heterocycles. The van der Waals surface area contributed by atoms with Crippen molar-refractivity contribution < 1.29 is 28.6 Å². The molecule has 9 nitrogen and oxygen atoms in total. The molecule has 0 aliphatic carbocycles. The van der Waals surface area contributed by atoms with E-state index in [9.17, 15) is 24.8 Å². The minimum Gasteiger partial charge on any atom is -0.507 e. The number of amides is 1. The lowest BCUT2D eigenvalue weighted by atomic mass is 10.00. The summed E-state index contributed by atoms with van der Waals surface area (Å²) in [5.74, 6) is 1.15. The maximum atomic E-state index is 12.6. The molecule has 3 rings (SSSR count). The van der Waals surface area contributed by atoms with Crippen LogP contribution in [0.4, 0.5) is 0 Å². The van der Waals surface area contributed by atoms with E-state index in [-0.39, 0.29) is 5.76 Å². The number of nitriles is 1. The highest BCUT2D eigenvalue weighted by Gasteiger charge is 2.28. The van der Waals surface area contributed by atoms with Gasteiger partial charge in [-0.05, 0) is 24.1 Å². The summed E-state index contributed by atoms with van der Waals surface area (Å²) in [6.45, 7) is 1.82. The van der Waals surface area contributed by atoms with E-state index in [1.165, 1.54) is 6.26 Å². The van der Waals surface area contributed by atoms with Crippen LogP contribution in [-0.4, -0.2) is 23.0 Å². The van der Waals surface area contributed by atoms with Gasteiger partial charge in [-0.3, -0.25) is 10.2 Å². The Labute approximate surface area is 176 Å². The normalized spacial score (nSPS) is 10.2. The van der Waals surface area contributed by atoms with Crippen molar-refractivity contribution in [1.29, 1.82) is 5.26 Å². The second-order valence-electron chi connectivity index (χ2n) is 6.32. The van der Waals surface area contributed by atoms with Crippen LogP contribution in [-0.2, 0) is 11.2 Å². The third kappa shape index (κ3) is 4.01. The van der Waals surface area contributed by atoms with E-state index in [0.717, 1.165) is 17.7 Å². The number of furan rings is 1. The molecule has 1 aromatic heterocycles. The van der Waals surface area contributed by atoms with Gasteiger partial charge in [-0.15, -0.1) is 0 Å².